The zero-order chi connectivity index (χ0) is 18.3. The molecule has 1 spiro atoms. The van der Waals surface area contributed by atoms with E-state index in [-0.39, 0.29) is 11.4 Å². The number of carbonyl (C=O) groups excluding carboxylic acids is 1. The minimum absolute atomic E-state index is 0.208. The Morgan fingerprint density at radius 1 is 0.926 bits per heavy atom. The van der Waals surface area contributed by atoms with Crippen LogP contribution in [0.25, 0.3) is 0 Å². The second-order valence-corrected chi connectivity index (χ2v) is 8.16. The van der Waals surface area contributed by atoms with E-state index in [1.807, 2.05) is 6.07 Å². The third kappa shape index (κ3) is 2.83. The molecule has 2 aromatic rings. The van der Waals surface area contributed by atoms with Crippen molar-refractivity contribution in [2.75, 3.05) is 24.7 Å². The number of hydrogen-bond acceptors (Lipinski definition) is 3. The Morgan fingerprint density at radius 3 is 2.41 bits per heavy atom. The normalized spacial score (nSPS) is 24.7. The lowest BCUT2D eigenvalue weighted by Crippen LogP contribution is -2.58. The molecule has 2 aromatic carbocycles. The summed E-state index contributed by atoms with van der Waals surface area (Å²) < 4.78 is 0. The molecular formula is C23H27N3O. The van der Waals surface area contributed by atoms with Crippen LogP contribution < -0.4 is 10.2 Å². The van der Waals surface area contributed by atoms with Crippen LogP contribution in [-0.2, 0) is 17.6 Å². The molecule has 140 valence electrons. The Balaban J connectivity index is 1.31. The molecule has 1 aliphatic carbocycles. The molecule has 2 heterocycles. The van der Waals surface area contributed by atoms with E-state index in [9.17, 15) is 4.79 Å². The largest absolute Gasteiger partial charge is 0.339 e. The monoisotopic (exact) mass is 361 g/mol. The number of likely N-dealkylation sites (tertiary alicyclic amines) is 1. The molecule has 0 aromatic heterocycles. The second-order valence-electron chi connectivity index (χ2n) is 8.16. The first-order chi connectivity index (χ1) is 13.3. The number of nitrogens with zero attached hydrogens (tertiary/aromatic N) is 2. The summed E-state index contributed by atoms with van der Waals surface area (Å²) in [4.78, 5) is 17.7. The molecule has 27 heavy (non-hydrogen) atoms. The number of fused-ring (bicyclic) bond motifs is 1. The first-order valence-electron chi connectivity index (χ1n) is 10.2. The van der Waals surface area contributed by atoms with E-state index in [1.165, 1.54) is 24.0 Å². The fourth-order valence-corrected chi connectivity index (χ4v) is 5.28. The average Bonchev–Trinajstić information content (AvgIpc) is 3.04. The van der Waals surface area contributed by atoms with Crippen LogP contribution in [0, 0.1) is 0 Å². The van der Waals surface area contributed by atoms with E-state index >= 15 is 0 Å². The maximum atomic E-state index is 12.8. The molecule has 3 aliphatic rings. The van der Waals surface area contributed by atoms with Gasteiger partial charge in [-0.25, -0.2) is 0 Å². The Bertz CT molecular complexity index is 827. The van der Waals surface area contributed by atoms with Crippen molar-refractivity contribution >= 4 is 11.6 Å². The predicted octanol–water partition coefficient (Wildman–Crippen LogP) is 2.97. The van der Waals surface area contributed by atoms with Gasteiger partial charge in [0.1, 0.15) is 5.54 Å². The quantitative estimate of drug-likeness (QED) is 0.893. The first kappa shape index (κ1) is 16.8. The van der Waals surface area contributed by atoms with E-state index < -0.39 is 0 Å². The summed E-state index contributed by atoms with van der Waals surface area (Å²) in [6, 6.07) is 19.9. The molecule has 1 unspecified atom stereocenters. The van der Waals surface area contributed by atoms with Crippen LogP contribution in [-0.4, -0.2) is 42.1 Å². The highest BCUT2D eigenvalue weighted by molar-refractivity contribution is 5.93. The van der Waals surface area contributed by atoms with Gasteiger partial charge in [0, 0.05) is 24.8 Å². The van der Waals surface area contributed by atoms with Crippen LogP contribution in [0.2, 0.25) is 0 Å². The van der Waals surface area contributed by atoms with E-state index in [0.29, 0.717) is 12.7 Å². The molecule has 4 heteroatoms. The molecule has 0 bridgehead atoms. The average molecular weight is 361 g/mol. The Hall–Kier alpha value is -2.33. The molecule has 1 amide bonds. The van der Waals surface area contributed by atoms with Crippen molar-refractivity contribution in [1.29, 1.82) is 0 Å². The summed E-state index contributed by atoms with van der Waals surface area (Å²) in [5, 5.41) is 3.10. The van der Waals surface area contributed by atoms with Gasteiger partial charge in [-0.3, -0.25) is 9.69 Å². The number of benzene rings is 2. The number of para-hydroxylation sites is 1. The summed E-state index contributed by atoms with van der Waals surface area (Å²) >= 11 is 0. The highest BCUT2D eigenvalue weighted by atomic mass is 16.2. The molecule has 5 rings (SSSR count). The van der Waals surface area contributed by atoms with Gasteiger partial charge in [0.15, 0.2) is 0 Å². The Morgan fingerprint density at radius 2 is 1.63 bits per heavy atom. The first-order valence-corrected chi connectivity index (χ1v) is 10.2. The Kier molecular flexibility index (Phi) is 4.16. The van der Waals surface area contributed by atoms with Crippen molar-refractivity contribution in [3.8, 4) is 0 Å². The molecule has 0 saturated carbocycles. The zero-order valence-electron chi connectivity index (χ0n) is 15.7. The van der Waals surface area contributed by atoms with Gasteiger partial charge in [0.05, 0.1) is 6.67 Å². The number of piperidine rings is 1. The maximum Gasteiger partial charge on any atom is 0.247 e. The van der Waals surface area contributed by atoms with Crippen LogP contribution in [0.15, 0.2) is 54.6 Å². The Labute approximate surface area is 161 Å². The highest BCUT2D eigenvalue weighted by Crippen LogP contribution is 2.37. The number of rotatable bonds is 2. The predicted molar refractivity (Wildman–Crippen MR) is 108 cm³/mol. The maximum absolute atomic E-state index is 12.8. The third-order valence-electron chi connectivity index (χ3n) is 6.87. The number of aryl methyl sites for hydroxylation is 1. The third-order valence-corrected chi connectivity index (χ3v) is 6.87. The van der Waals surface area contributed by atoms with Crippen molar-refractivity contribution in [2.24, 2.45) is 0 Å². The summed E-state index contributed by atoms with van der Waals surface area (Å²) in [7, 11) is 0. The summed E-state index contributed by atoms with van der Waals surface area (Å²) in [5.74, 6) is 0.208. The summed E-state index contributed by atoms with van der Waals surface area (Å²) in [6.45, 7) is 2.63. The molecule has 1 atom stereocenters. The number of nitrogens with one attached hydrogen (secondary N) is 1. The van der Waals surface area contributed by atoms with Crippen molar-refractivity contribution in [2.45, 2.75) is 43.7 Å². The summed E-state index contributed by atoms with van der Waals surface area (Å²) in [6.07, 6.45) is 5.38. The fraction of sp³-hybridized carbons (Fsp3) is 0.435. The minimum Gasteiger partial charge on any atom is -0.339 e. The highest BCUT2D eigenvalue weighted by Gasteiger charge is 2.50. The van der Waals surface area contributed by atoms with Gasteiger partial charge in [0.25, 0.3) is 0 Å². The van der Waals surface area contributed by atoms with Gasteiger partial charge < -0.3 is 10.2 Å². The number of hydrogen-bond donors (Lipinski definition) is 1. The lowest BCUT2D eigenvalue weighted by molar-refractivity contribution is -0.125. The molecule has 2 fully saturated rings. The van der Waals surface area contributed by atoms with Crippen molar-refractivity contribution in [3.05, 3.63) is 65.7 Å². The molecule has 4 nitrogen and oxygen atoms in total. The van der Waals surface area contributed by atoms with Crippen LogP contribution in [0.4, 0.5) is 5.69 Å². The molecular weight excluding hydrogens is 334 g/mol. The minimum atomic E-state index is -0.371. The van der Waals surface area contributed by atoms with Gasteiger partial charge in [-0.1, -0.05) is 42.5 Å². The molecule has 2 aliphatic heterocycles. The number of carbonyl (C=O) groups is 1. The summed E-state index contributed by atoms with van der Waals surface area (Å²) in [5.41, 5.74) is 3.81. The number of amides is 1. The van der Waals surface area contributed by atoms with Gasteiger partial charge >= 0.3 is 0 Å². The van der Waals surface area contributed by atoms with Crippen molar-refractivity contribution < 1.29 is 4.79 Å². The smallest absolute Gasteiger partial charge is 0.247 e. The lowest BCUT2D eigenvalue weighted by Gasteiger charge is -2.46. The topological polar surface area (TPSA) is 35.6 Å². The van der Waals surface area contributed by atoms with Crippen LogP contribution in [0.5, 0.6) is 0 Å². The van der Waals surface area contributed by atoms with Gasteiger partial charge in [-0.2, -0.15) is 0 Å². The molecule has 0 radical (unpaired) electrons. The van der Waals surface area contributed by atoms with Gasteiger partial charge in [-0.05, 0) is 55.4 Å². The van der Waals surface area contributed by atoms with Crippen LogP contribution in [0.3, 0.4) is 0 Å². The lowest BCUT2D eigenvalue weighted by atomic mass is 9.82. The van der Waals surface area contributed by atoms with Crippen LogP contribution >= 0.6 is 0 Å². The van der Waals surface area contributed by atoms with Crippen molar-refractivity contribution in [1.82, 2.24) is 10.2 Å². The standard InChI is InChI=1S/C23H27N3O/c27-22-23(26(17-24-22)20-8-2-1-3-9-20)12-14-25(15-13-23)21-11-10-18-6-4-5-7-19(18)16-21/h1-9,21H,10-17H2,(H,24,27). The zero-order valence-corrected chi connectivity index (χ0v) is 15.7. The second kappa shape index (κ2) is 6.68. The van der Waals surface area contributed by atoms with E-state index in [1.54, 1.807) is 0 Å². The molecule has 2 saturated heterocycles. The van der Waals surface area contributed by atoms with Crippen LogP contribution in [0.1, 0.15) is 30.4 Å². The molecule has 1 N–H and O–H groups in total. The van der Waals surface area contributed by atoms with E-state index in [4.69, 9.17) is 0 Å². The number of anilines is 1. The fourth-order valence-electron chi connectivity index (χ4n) is 5.28. The van der Waals surface area contributed by atoms with E-state index in [2.05, 4.69) is 63.6 Å². The van der Waals surface area contributed by atoms with Crippen molar-refractivity contribution in [3.63, 3.8) is 0 Å². The SMILES string of the molecule is O=C1NCN(c2ccccc2)C12CCN(C1CCc3ccccc3C1)CC2. The van der Waals surface area contributed by atoms with Gasteiger partial charge in [0.2, 0.25) is 5.91 Å². The van der Waals surface area contributed by atoms with Gasteiger partial charge in [-0.15, -0.1) is 0 Å². The van der Waals surface area contributed by atoms with E-state index in [0.717, 1.165) is 38.0 Å².